The standard InChI is InChI=1S/C13H13BrF2/c14-13(12-8-2-1-3-9(8)12)7-4-5-10(15)11(16)6-7/h4-6,8-9,12-13H,1-3H2. The van der Waals surface area contributed by atoms with Gasteiger partial charge in [-0.25, -0.2) is 8.78 Å². The highest BCUT2D eigenvalue weighted by molar-refractivity contribution is 9.09. The van der Waals surface area contributed by atoms with Gasteiger partial charge in [-0.05, 0) is 48.3 Å². The van der Waals surface area contributed by atoms with E-state index < -0.39 is 11.6 Å². The van der Waals surface area contributed by atoms with Gasteiger partial charge < -0.3 is 0 Å². The van der Waals surface area contributed by atoms with Gasteiger partial charge in [-0.2, -0.15) is 0 Å². The van der Waals surface area contributed by atoms with Crippen molar-refractivity contribution in [2.45, 2.75) is 24.1 Å². The minimum absolute atomic E-state index is 0.192. The number of alkyl halides is 1. The SMILES string of the molecule is Fc1ccc(C(Br)C2C3CCCC32)cc1F. The van der Waals surface area contributed by atoms with Gasteiger partial charge in [0.25, 0.3) is 0 Å². The molecule has 2 aliphatic carbocycles. The number of hydrogen-bond acceptors (Lipinski definition) is 0. The van der Waals surface area contributed by atoms with E-state index >= 15 is 0 Å². The normalized spacial score (nSPS) is 33.6. The van der Waals surface area contributed by atoms with Gasteiger partial charge in [0, 0.05) is 4.83 Å². The van der Waals surface area contributed by atoms with Crippen LogP contribution in [0.1, 0.15) is 29.7 Å². The van der Waals surface area contributed by atoms with Crippen LogP contribution in [-0.4, -0.2) is 0 Å². The molecule has 0 amide bonds. The molecule has 0 aliphatic heterocycles. The van der Waals surface area contributed by atoms with Crippen molar-refractivity contribution < 1.29 is 8.78 Å². The lowest BCUT2D eigenvalue weighted by Crippen LogP contribution is -1.99. The first-order valence-electron chi connectivity index (χ1n) is 5.77. The van der Waals surface area contributed by atoms with E-state index in [4.69, 9.17) is 0 Å². The summed E-state index contributed by atoms with van der Waals surface area (Å²) in [6.07, 6.45) is 3.95. The van der Waals surface area contributed by atoms with Gasteiger partial charge in [-0.1, -0.05) is 28.4 Å². The summed E-state index contributed by atoms with van der Waals surface area (Å²) in [6, 6.07) is 4.23. The summed E-state index contributed by atoms with van der Waals surface area (Å²) < 4.78 is 25.9. The van der Waals surface area contributed by atoms with E-state index in [1.807, 2.05) is 0 Å². The molecule has 0 bridgehead atoms. The summed E-state index contributed by atoms with van der Waals surface area (Å²) in [5.74, 6) is 0.765. The number of halogens is 3. The highest BCUT2D eigenvalue weighted by Crippen LogP contribution is 2.64. The number of rotatable bonds is 2. The second-order valence-corrected chi connectivity index (χ2v) is 5.90. The molecule has 1 aromatic carbocycles. The van der Waals surface area contributed by atoms with Crippen molar-refractivity contribution in [3.63, 3.8) is 0 Å². The summed E-state index contributed by atoms with van der Waals surface area (Å²) in [7, 11) is 0. The molecule has 3 rings (SSSR count). The Morgan fingerprint density at radius 3 is 2.44 bits per heavy atom. The topological polar surface area (TPSA) is 0 Å². The third-order valence-corrected chi connectivity index (χ3v) is 5.21. The molecule has 3 unspecified atom stereocenters. The van der Waals surface area contributed by atoms with Crippen LogP contribution in [0, 0.1) is 29.4 Å². The Labute approximate surface area is 102 Å². The van der Waals surface area contributed by atoms with E-state index in [0.717, 1.165) is 17.4 Å². The second-order valence-electron chi connectivity index (χ2n) is 4.91. The number of benzene rings is 1. The monoisotopic (exact) mass is 286 g/mol. The fraction of sp³-hybridized carbons (Fsp3) is 0.538. The number of fused-ring (bicyclic) bond motifs is 1. The fourth-order valence-corrected chi connectivity index (χ4v) is 4.29. The molecule has 2 aliphatic rings. The largest absolute Gasteiger partial charge is 0.204 e. The van der Waals surface area contributed by atoms with Crippen molar-refractivity contribution in [3.8, 4) is 0 Å². The maximum Gasteiger partial charge on any atom is 0.159 e. The summed E-state index contributed by atoms with van der Waals surface area (Å²) in [5.41, 5.74) is 0.873. The first-order chi connectivity index (χ1) is 7.68. The zero-order valence-corrected chi connectivity index (χ0v) is 10.4. The molecule has 2 saturated carbocycles. The smallest absolute Gasteiger partial charge is 0.159 e. The molecule has 2 fully saturated rings. The lowest BCUT2D eigenvalue weighted by atomic mass is 10.0. The van der Waals surface area contributed by atoms with Crippen LogP contribution in [0.2, 0.25) is 0 Å². The molecule has 0 nitrogen and oxygen atoms in total. The van der Waals surface area contributed by atoms with Gasteiger partial charge in [-0.15, -0.1) is 0 Å². The molecule has 0 aromatic heterocycles. The van der Waals surface area contributed by atoms with Crippen molar-refractivity contribution in [1.82, 2.24) is 0 Å². The fourth-order valence-electron chi connectivity index (χ4n) is 3.22. The Bertz CT molecular complexity index is 408. The van der Waals surface area contributed by atoms with Gasteiger partial charge >= 0.3 is 0 Å². The van der Waals surface area contributed by atoms with Gasteiger partial charge in [0.15, 0.2) is 11.6 Å². The average Bonchev–Trinajstić information content (AvgIpc) is 2.74. The van der Waals surface area contributed by atoms with Crippen molar-refractivity contribution in [2.75, 3.05) is 0 Å². The molecule has 0 heterocycles. The van der Waals surface area contributed by atoms with Crippen molar-refractivity contribution >= 4 is 15.9 Å². The first-order valence-corrected chi connectivity index (χ1v) is 6.69. The van der Waals surface area contributed by atoms with Crippen molar-refractivity contribution in [1.29, 1.82) is 0 Å². The van der Waals surface area contributed by atoms with E-state index in [1.165, 1.54) is 31.4 Å². The number of hydrogen-bond donors (Lipinski definition) is 0. The van der Waals surface area contributed by atoms with Crippen LogP contribution >= 0.6 is 15.9 Å². The quantitative estimate of drug-likeness (QED) is 0.705. The highest BCUT2D eigenvalue weighted by Gasteiger charge is 2.55. The first kappa shape index (κ1) is 10.7. The Balaban J connectivity index is 1.79. The van der Waals surface area contributed by atoms with Gasteiger partial charge in [0.2, 0.25) is 0 Å². The lowest BCUT2D eigenvalue weighted by molar-refractivity contribution is 0.504. The Kier molecular flexibility index (Phi) is 2.54. The average molecular weight is 287 g/mol. The van der Waals surface area contributed by atoms with Crippen LogP contribution in [-0.2, 0) is 0 Å². The molecule has 16 heavy (non-hydrogen) atoms. The minimum atomic E-state index is -0.764. The molecule has 1 aromatic rings. The molecular weight excluding hydrogens is 274 g/mol. The maximum atomic E-state index is 13.1. The molecule has 0 saturated heterocycles. The van der Waals surface area contributed by atoms with Crippen LogP contribution in [0.5, 0.6) is 0 Å². The van der Waals surface area contributed by atoms with Crippen molar-refractivity contribution in [2.24, 2.45) is 17.8 Å². The van der Waals surface area contributed by atoms with E-state index in [0.29, 0.717) is 5.92 Å². The van der Waals surface area contributed by atoms with Gasteiger partial charge in [-0.3, -0.25) is 0 Å². The zero-order valence-electron chi connectivity index (χ0n) is 8.80. The van der Waals surface area contributed by atoms with Crippen LogP contribution in [0.4, 0.5) is 8.78 Å². The Hall–Kier alpha value is -0.440. The maximum absolute atomic E-state index is 13.1. The Morgan fingerprint density at radius 1 is 1.12 bits per heavy atom. The van der Waals surface area contributed by atoms with Crippen LogP contribution in [0.15, 0.2) is 18.2 Å². The highest BCUT2D eigenvalue weighted by atomic mass is 79.9. The molecule has 3 heteroatoms. The summed E-state index contributed by atoms with van der Waals surface area (Å²) in [6.45, 7) is 0. The Morgan fingerprint density at radius 2 is 1.81 bits per heavy atom. The second kappa shape index (κ2) is 3.80. The van der Waals surface area contributed by atoms with Gasteiger partial charge in [0.1, 0.15) is 0 Å². The third kappa shape index (κ3) is 1.60. The predicted molar refractivity (Wildman–Crippen MR) is 62.3 cm³/mol. The van der Waals surface area contributed by atoms with E-state index in [9.17, 15) is 8.78 Å². The minimum Gasteiger partial charge on any atom is -0.204 e. The van der Waals surface area contributed by atoms with Crippen LogP contribution in [0.25, 0.3) is 0 Å². The predicted octanol–water partition coefficient (Wildman–Crippen LogP) is 4.45. The molecule has 3 atom stereocenters. The molecule has 86 valence electrons. The summed E-state index contributed by atoms with van der Waals surface area (Å²) in [5, 5.41) is 0. The molecule has 0 radical (unpaired) electrons. The van der Waals surface area contributed by atoms with E-state index in [1.54, 1.807) is 6.07 Å². The zero-order chi connectivity index (χ0) is 11.3. The molecule has 0 N–H and O–H groups in total. The lowest BCUT2D eigenvalue weighted by Gasteiger charge is -2.12. The molecule has 0 spiro atoms. The van der Waals surface area contributed by atoms with Crippen LogP contribution < -0.4 is 0 Å². The third-order valence-electron chi connectivity index (χ3n) is 4.07. The van der Waals surface area contributed by atoms with Gasteiger partial charge in [0.05, 0.1) is 0 Å². The van der Waals surface area contributed by atoms with E-state index in [-0.39, 0.29) is 4.83 Å². The molecular formula is C13H13BrF2. The van der Waals surface area contributed by atoms with Crippen LogP contribution in [0.3, 0.4) is 0 Å². The summed E-state index contributed by atoms with van der Waals surface area (Å²) in [4.78, 5) is 0.192. The summed E-state index contributed by atoms with van der Waals surface area (Å²) >= 11 is 3.64. The van der Waals surface area contributed by atoms with E-state index in [2.05, 4.69) is 15.9 Å². The van der Waals surface area contributed by atoms with Crippen molar-refractivity contribution in [3.05, 3.63) is 35.4 Å².